The van der Waals surface area contributed by atoms with E-state index >= 15 is 0 Å². The summed E-state index contributed by atoms with van der Waals surface area (Å²) in [5.74, 6) is 1.54. The topological polar surface area (TPSA) is 8.81 Å². The van der Waals surface area contributed by atoms with Crippen molar-refractivity contribution in [1.29, 1.82) is 0 Å². The van der Waals surface area contributed by atoms with Gasteiger partial charge in [0.15, 0.2) is 0 Å². The summed E-state index contributed by atoms with van der Waals surface area (Å²) in [6.45, 7) is 9.28. The fourth-order valence-corrected chi connectivity index (χ4v) is 7.54. The van der Waals surface area contributed by atoms with Crippen LogP contribution in [0.25, 0.3) is 0 Å². The number of imidazole rings is 1. The zero-order chi connectivity index (χ0) is 33.3. The van der Waals surface area contributed by atoms with Crippen LogP contribution in [0.1, 0.15) is 179 Å². The first-order chi connectivity index (χ1) is 23.2. The van der Waals surface area contributed by atoms with Crippen LogP contribution in [0, 0.1) is 0 Å². The second-order valence-corrected chi connectivity index (χ2v) is 14.9. The normalized spacial score (nSPS) is 12.8. The molecule has 47 heavy (non-hydrogen) atoms. The van der Waals surface area contributed by atoms with Crippen LogP contribution in [0.15, 0.2) is 73.1 Å². The van der Waals surface area contributed by atoms with Crippen LogP contribution in [0.4, 0.5) is 0 Å². The molecule has 0 saturated carbocycles. The van der Waals surface area contributed by atoms with Crippen LogP contribution < -0.4 is 4.57 Å². The van der Waals surface area contributed by atoms with Gasteiger partial charge in [-0.15, -0.1) is 0 Å². The lowest BCUT2D eigenvalue weighted by Gasteiger charge is -2.29. The highest BCUT2D eigenvalue weighted by atomic mass is 15.2. The van der Waals surface area contributed by atoms with E-state index in [1.165, 1.54) is 159 Å². The van der Waals surface area contributed by atoms with Crippen molar-refractivity contribution in [2.24, 2.45) is 0 Å². The molecular formula is C45H73N2+. The summed E-state index contributed by atoms with van der Waals surface area (Å²) in [4.78, 5) is 0. The number of hydrogen-bond donors (Lipinski definition) is 0. The Bertz CT molecular complexity index is 1130. The zero-order valence-corrected chi connectivity index (χ0v) is 31.2. The molecule has 1 unspecified atom stereocenters. The molecule has 0 aliphatic rings. The Labute approximate surface area is 291 Å². The molecule has 0 bridgehead atoms. The molecule has 0 fully saturated rings. The maximum atomic E-state index is 2.63. The van der Waals surface area contributed by atoms with Gasteiger partial charge in [0, 0.05) is 11.8 Å². The lowest BCUT2D eigenvalue weighted by molar-refractivity contribution is -0.711. The molecule has 0 aliphatic heterocycles. The highest BCUT2D eigenvalue weighted by molar-refractivity contribution is 5.28. The van der Waals surface area contributed by atoms with Gasteiger partial charge in [-0.1, -0.05) is 203 Å². The van der Waals surface area contributed by atoms with Gasteiger partial charge in [-0.05, 0) is 36.8 Å². The molecule has 1 atom stereocenters. The number of rotatable bonds is 29. The van der Waals surface area contributed by atoms with E-state index in [0.717, 1.165) is 19.5 Å². The summed E-state index contributed by atoms with van der Waals surface area (Å²) in [6.07, 6.45) is 37.9. The third kappa shape index (κ3) is 16.1. The van der Waals surface area contributed by atoms with E-state index in [1.54, 1.807) is 5.82 Å². The standard InChI is InChI=1S/C45H73N2/c1-4-6-8-10-12-14-15-16-17-19-21-23-31-37-46-38-39-47(44(46)36-30-22-20-18-13-11-9-7-5-2)41-45(3,43-34-28-25-29-35-43)40-42-32-26-24-27-33-42/h24-29,32-35,38-39H,4-23,30-31,36-37,40-41H2,1-3H3/q+1. The summed E-state index contributed by atoms with van der Waals surface area (Å²) in [6, 6.07) is 22.4. The van der Waals surface area contributed by atoms with Crippen LogP contribution in [0.2, 0.25) is 0 Å². The Morgan fingerprint density at radius 2 is 0.979 bits per heavy atom. The van der Waals surface area contributed by atoms with Crippen molar-refractivity contribution >= 4 is 0 Å². The summed E-state index contributed by atoms with van der Waals surface area (Å²) >= 11 is 0. The minimum atomic E-state index is 0.0300. The fraction of sp³-hybridized carbons (Fsp3) is 0.667. The summed E-state index contributed by atoms with van der Waals surface area (Å²) in [7, 11) is 0. The van der Waals surface area contributed by atoms with Gasteiger partial charge in [0.05, 0.1) is 13.1 Å². The highest BCUT2D eigenvalue weighted by Crippen LogP contribution is 2.29. The summed E-state index contributed by atoms with van der Waals surface area (Å²) < 4.78 is 5.25. The van der Waals surface area contributed by atoms with Gasteiger partial charge in [-0.3, -0.25) is 0 Å². The second-order valence-electron chi connectivity index (χ2n) is 14.9. The molecule has 0 aliphatic carbocycles. The fourth-order valence-electron chi connectivity index (χ4n) is 7.54. The molecule has 262 valence electrons. The minimum absolute atomic E-state index is 0.0300. The lowest BCUT2D eigenvalue weighted by Crippen LogP contribution is -2.47. The Kier molecular flexibility index (Phi) is 20.6. The molecule has 0 radical (unpaired) electrons. The highest BCUT2D eigenvalue weighted by Gasteiger charge is 2.32. The molecule has 0 N–H and O–H groups in total. The van der Waals surface area contributed by atoms with Crippen LogP contribution >= 0.6 is 0 Å². The minimum Gasteiger partial charge on any atom is -0.234 e. The number of benzene rings is 2. The smallest absolute Gasteiger partial charge is 0.234 e. The third-order valence-corrected chi connectivity index (χ3v) is 10.5. The van der Waals surface area contributed by atoms with E-state index in [4.69, 9.17) is 0 Å². The Balaban J connectivity index is 1.55. The molecule has 1 heterocycles. The Morgan fingerprint density at radius 3 is 1.49 bits per heavy atom. The van der Waals surface area contributed by atoms with E-state index < -0.39 is 0 Å². The van der Waals surface area contributed by atoms with Crippen LogP contribution in [0.5, 0.6) is 0 Å². The quantitative estimate of drug-likeness (QED) is 0.0527. The number of aromatic nitrogens is 2. The van der Waals surface area contributed by atoms with Crippen molar-refractivity contribution < 1.29 is 4.57 Å². The first-order valence-corrected chi connectivity index (χ1v) is 20.3. The van der Waals surface area contributed by atoms with E-state index in [0.29, 0.717) is 0 Å². The average molecular weight is 642 g/mol. The largest absolute Gasteiger partial charge is 0.256 e. The van der Waals surface area contributed by atoms with Crippen LogP contribution in [-0.2, 0) is 31.3 Å². The molecule has 1 aromatic heterocycles. The van der Waals surface area contributed by atoms with Gasteiger partial charge in [-0.2, -0.15) is 0 Å². The van der Waals surface area contributed by atoms with Crippen LogP contribution in [-0.4, -0.2) is 4.57 Å². The number of hydrogen-bond acceptors (Lipinski definition) is 0. The second kappa shape index (κ2) is 24.7. The van der Waals surface area contributed by atoms with Crippen LogP contribution in [0.3, 0.4) is 0 Å². The maximum Gasteiger partial charge on any atom is 0.256 e. The molecule has 0 saturated heterocycles. The first kappa shape index (κ1) is 39.1. The molecule has 3 rings (SSSR count). The summed E-state index contributed by atoms with van der Waals surface area (Å²) in [5.41, 5.74) is 2.89. The van der Waals surface area contributed by atoms with E-state index in [9.17, 15) is 0 Å². The van der Waals surface area contributed by atoms with E-state index in [-0.39, 0.29) is 5.41 Å². The monoisotopic (exact) mass is 642 g/mol. The van der Waals surface area contributed by atoms with Gasteiger partial charge in [-0.25, -0.2) is 9.13 Å². The SMILES string of the molecule is CCCCCCCCCCCCCCCn1cc[n+](CC(C)(Cc2ccccc2)c2ccccc2)c1CCCCCCCCCCC. The zero-order valence-electron chi connectivity index (χ0n) is 31.2. The van der Waals surface area contributed by atoms with Gasteiger partial charge in [0.25, 0.3) is 5.82 Å². The van der Waals surface area contributed by atoms with Crippen molar-refractivity contribution in [1.82, 2.24) is 4.57 Å². The molecule has 2 heteroatoms. The van der Waals surface area contributed by atoms with Gasteiger partial charge >= 0.3 is 0 Å². The Hall–Kier alpha value is -2.35. The molecular weight excluding hydrogens is 569 g/mol. The Morgan fingerprint density at radius 1 is 0.532 bits per heavy atom. The third-order valence-electron chi connectivity index (χ3n) is 10.5. The lowest BCUT2D eigenvalue weighted by atomic mass is 9.77. The van der Waals surface area contributed by atoms with Crippen molar-refractivity contribution in [3.63, 3.8) is 0 Å². The molecule has 0 spiro atoms. The van der Waals surface area contributed by atoms with Gasteiger partial charge in [0.1, 0.15) is 12.4 Å². The summed E-state index contributed by atoms with van der Waals surface area (Å²) in [5, 5.41) is 0. The van der Waals surface area contributed by atoms with Gasteiger partial charge in [0.2, 0.25) is 0 Å². The average Bonchev–Trinajstić information content (AvgIpc) is 3.47. The predicted octanol–water partition coefficient (Wildman–Crippen LogP) is 13.1. The molecule has 3 aromatic rings. The maximum absolute atomic E-state index is 2.63. The number of aryl methyl sites for hydroxylation is 1. The number of nitrogens with zero attached hydrogens (tertiary/aromatic N) is 2. The van der Waals surface area contributed by atoms with E-state index in [2.05, 4.69) is 103 Å². The van der Waals surface area contributed by atoms with Crippen molar-refractivity contribution in [3.8, 4) is 0 Å². The first-order valence-electron chi connectivity index (χ1n) is 20.3. The van der Waals surface area contributed by atoms with Crippen molar-refractivity contribution in [3.05, 3.63) is 90.0 Å². The van der Waals surface area contributed by atoms with E-state index in [1.807, 2.05) is 0 Å². The number of unbranched alkanes of at least 4 members (excludes halogenated alkanes) is 20. The predicted molar refractivity (Wildman–Crippen MR) is 205 cm³/mol. The van der Waals surface area contributed by atoms with Crippen molar-refractivity contribution in [2.45, 2.75) is 193 Å². The molecule has 2 aromatic carbocycles. The van der Waals surface area contributed by atoms with Crippen molar-refractivity contribution in [2.75, 3.05) is 0 Å². The van der Waals surface area contributed by atoms with Gasteiger partial charge < -0.3 is 0 Å². The molecule has 0 amide bonds. The molecule has 2 nitrogen and oxygen atoms in total.